The van der Waals surface area contributed by atoms with Crippen LogP contribution in [0.15, 0.2) is 91.1 Å². The van der Waals surface area contributed by atoms with E-state index in [1.807, 2.05) is 0 Å². The Bertz CT molecular complexity index is 3740. The lowest BCUT2D eigenvalue weighted by Gasteiger charge is -2.29. The molecule has 0 radical (unpaired) electrons. The van der Waals surface area contributed by atoms with E-state index in [9.17, 15) is 103 Å². The van der Waals surface area contributed by atoms with Crippen molar-refractivity contribution >= 4 is 106 Å². The van der Waals surface area contributed by atoms with Gasteiger partial charge in [-0.15, -0.1) is 0 Å². The predicted octanol–water partition coefficient (Wildman–Crippen LogP) is -5.59. The highest BCUT2D eigenvalue weighted by molar-refractivity contribution is 6.00. The number of aromatic amines is 1. The highest BCUT2D eigenvalue weighted by Gasteiger charge is 2.39. The molecule has 106 heavy (non-hydrogen) atoms. The Hall–Kier alpha value is -11.6. The average Bonchev–Trinajstić information content (AvgIpc) is 1.59. The molecule has 0 aliphatic rings. The summed E-state index contributed by atoms with van der Waals surface area (Å²) in [6.45, 7) is 5.47. The molecule has 0 unspecified atom stereocenters. The number of carboxylic acids is 3. The standard InChI is InChI=1S/C68H94N16O22/c1-33(85)53(57(69)96)82-67(106)56(36(4)88)83-61(100)46(24-27-52(94)95)77-63(102)48(30-39-17-10-7-11-18-39)80-59(98)44(22-25-50(90)91)76-64(103)49(31-40-32-73-42-20-13-12-19-41(40)42)81-60(99)45(23-26-51(92)93)75-62(101)47(29-38-15-8-6-9-16-38)79-58(97)43(21-14-28-72-68(70)71)78-65(104)55(35(3)87)84-66(105)54(34(2)86)74-37(5)89/h6-13,15-20,32-36,43-49,53-56,73,85-88H,14,21-31H2,1-5H3,(H2,69,96)(H,74,89)(H,75,101)(H,76,103)(H,77,102)(H,78,104)(H,79,97)(H,80,98)(H,81,99)(H,82,106)(H,83,100)(H,84,105)(H,90,91)(H,92,93)(H,94,95)(H4,70,71,72)/t33-,34-,35-,36-,43+,44+,45+,46+,47+,48+,49+,53+,54+,55+,56+/m1/s1. The molecule has 25 N–H and O–H groups in total. The van der Waals surface area contributed by atoms with Crippen LogP contribution in [0.2, 0.25) is 0 Å². The van der Waals surface area contributed by atoms with Crippen LogP contribution in [-0.2, 0) is 91.2 Å². The van der Waals surface area contributed by atoms with Crippen molar-refractivity contribution in [3.05, 3.63) is 108 Å². The van der Waals surface area contributed by atoms with Crippen molar-refractivity contribution in [3.8, 4) is 0 Å². The number of aliphatic hydroxyl groups is 4. The summed E-state index contributed by atoms with van der Waals surface area (Å²) < 4.78 is 0. The van der Waals surface area contributed by atoms with Crippen LogP contribution in [0, 0.1) is 5.41 Å². The highest BCUT2D eigenvalue weighted by Crippen LogP contribution is 2.21. The number of benzene rings is 3. The van der Waals surface area contributed by atoms with Gasteiger partial charge in [-0.2, -0.15) is 0 Å². The number of aromatic nitrogens is 1. The zero-order valence-corrected chi connectivity index (χ0v) is 58.7. The van der Waals surface area contributed by atoms with Crippen molar-refractivity contribution in [2.24, 2.45) is 11.5 Å². The van der Waals surface area contributed by atoms with Crippen LogP contribution in [0.4, 0.5) is 0 Å². The van der Waals surface area contributed by atoms with Gasteiger partial charge in [0.05, 0.1) is 24.4 Å². The summed E-state index contributed by atoms with van der Waals surface area (Å²) in [7, 11) is 0. The number of primary amides is 1. The van der Waals surface area contributed by atoms with E-state index in [2.05, 4.69) is 68.8 Å². The number of para-hydroxylation sites is 1. The molecule has 0 aliphatic heterocycles. The van der Waals surface area contributed by atoms with Gasteiger partial charge in [0.2, 0.25) is 70.9 Å². The molecule has 0 saturated carbocycles. The Morgan fingerprint density at radius 1 is 0.396 bits per heavy atom. The molecule has 3 aromatic carbocycles. The third-order valence-corrected chi connectivity index (χ3v) is 16.4. The van der Waals surface area contributed by atoms with Gasteiger partial charge < -0.3 is 116 Å². The van der Waals surface area contributed by atoms with E-state index in [-0.39, 0.29) is 25.8 Å². The molecule has 4 aromatic rings. The number of aliphatic carboxylic acids is 3. The minimum Gasteiger partial charge on any atom is -0.481 e. The number of carboxylic acid groups (broad SMARTS) is 3. The highest BCUT2D eigenvalue weighted by atomic mass is 16.4. The SMILES string of the molecule is CC(=O)N[C@H](C(=O)N[C@H](C(=O)N[C@@H](CCCNC(=N)N)C(=O)N[C@@H](Cc1ccccc1)C(=O)N[C@@H](CCC(=O)O)C(=O)N[C@@H](Cc1c[nH]c2ccccc12)C(=O)N[C@@H](CCC(=O)O)C(=O)N[C@@H](Cc1ccccc1)C(=O)N[C@@H](CCC(=O)O)C(=O)N[C@H](C(=O)N[C@H](C(N)=O)[C@@H](C)O)[C@@H](C)O)[C@@H](C)O)[C@@H](C)O. The van der Waals surface area contributed by atoms with Crippen molar-refractivity contribution in [1.82, 2.24) is 68.8 Å². The Kier molecular flexibility index (Phi) is 35.1. The summed E-state index contributed by atoms with van der Waals surface area (Å²) in [5.74, 6) is -18.7. The number of nitrogens with one attached hydrogen (secondary N) is 14. The Morgan fingerprint density at radius 2 is 0.708 bits per heavy atom. The minimum absolute atomic E-state index is 0.0114. The van der Waals surface area contributed by atoms with E-state index < -0.39 is 237 Å². The summed E-state index contributed by atoms with van der Waals surface area (Å²) in [5, 5.41) is 108. The number of aliphatic hydroxyl groups excluding tert-OH is 4. The fourth-order valence-corrected chi connectivity index (χ4v) is 10.8. The van der Waals surface area contributed by atoms with Crippen LogP contribution in [0.5, 0.6) is 0 Å². The first kappa shape index (κ1) is 86.8. The average molecular weight is 1490 g/mol. The molecule has 0 saturated heterocycles. The van der Waals surface area contributed by atoms with E-state index in [1.165, 1.54) is 25.3 Å². The van der Waals surface area contributed by atoms with Crippen LogP contribution in [-0.4, -0.2) is 233 Å². The third-order valence-electron chi connectivity index (χ3n) is 16.4. The first-order chi connectivity index (χ1) is 50.0. The molecule has 578 valence electrons. The topological polar surface area (TPSA) is 634 Å². The number of hydrogen-bond donors (Lipinski definition) is 23. The summed E-state index contributed by atoms with van der Waals surface area (Å²) in [5.41, 5.74) is 12.4. The van der Waals surface area contributed by atoms with Gasteiger partial charge in [-0.05, 0) is 82.6 Å². The van der Waals surface area contributed by atoms with E-state index in [0.717, 1.165) is 27.7 Å². The lowest BCUT2D eigenvalue weighted by Crippen LogP contribution is -2.62. The molecule has 1 heterocycles. The molecule has 0 spiro atoms. The fraction of sp³-hybridized carbons (Fsp3) is 0.471. The predicted molar refractivity (Wildman–Crippen MR) is 375 cm³/mol. The van der Waals surface area contributed by atoms with Crippen molar-refractivity contribution in [2.75, 3.05) is 6.54 Å². The fourth-order valence-electron chi connectivity index (χ4n) is 10.8. The molecule has 15 atom stereocenters. The van der Waals surface area contributed by atoms with Crippen molar-refractivity contribution in [2.45, 2.75) is 196 Å². The van der Waals surface area contributed by atoms with Gasteiger partial charge in [0.1, 0.15) is 66.5 Å². The normalized spacial score (nSPS) is 15.3. The van der Waals surface area contributed by atoms with E-state index >= 15 is 4.79 Å². The number of hydrogen-bond acceptors (Lipinski definition) is 20. The zero-order valence-electron chi connectivity index (χ0n) is 58.7. The first-order valence-corrected chi connectivity index (χ1v) is 33.6. The molecule has 38 heteroatoms. The van der Waals surface area contributed by atoms with E-state index in [1.54, 1.807) is 72.8 Å². The number of carbonyl (C=O) groups is 15. The van der Waals surface area contributed by atoms with Crippen molar-refractivity contribution in [3.63, 3.8) is 0 Å². The molecule has 0 aliphatic carbocycles. The van der Waals surface area contributed by atoms with Crippen LogP contribution >= 0.6 is 0 Å². The maximum absolute atomic E-state index is 15.1. The van der Waals surface area contributed by atoms with Gasteiger partial charge in [0.25, 0.3) is 0 Å². The largest absolute Gasteiger partial charge is 0.481 e. The number of rotatable bonds is 45. The second-order valence-electron chi connectivity index (χ2n) is 25.2. The molecule has 12 amide bonds. The molecule has 4 rings (SSSR count). The minimum atomic E-state index is -1.92. The van der Waals surface area contributed by atoms with Crippen LogP contribution in [0.25, 0.3) is 10.9 Å². The molecule has 0 bridgehead atoms. The number of carbonyl (C=O) groups excluding carboxylic acids is 12. The number of nitrogens with two attached hydrogens (primary N) is 2. The molecule has 1 aromatic heterocycles. The Morgan fingerprint density at radius 3 is 1.08 bits per heavy atom. The summed E-state index contributed by atoms with van der Waals surface area (Å²) >= 11 is 0. The van der Waals surface area contributed by atoms with Gasteiger partial charge >= 0.3 is 17.9 Å². The maximum atomic E-state index is 15.1. The van der Waals surface area contributed by atoms with Gasteiger partial charge in [-0.1, -0.05) is 78.9 Å². The quantitative estimate of drug-likeness (QED) is 0.0111. The first-order valence-electron chi connectivity index (χ1n) is 33.6. The monoisotopic (exact) mass is 1490 g/mol. The van der Waals surface area contributed by atoms with Gasteiger partial charge in [-0.25, -0.2) is 0 Å². The Labute approximate surface area is 607 Å². The van der Waals surface area contributed by atoms with E-state index in [4.69, 9.17) is 16.9 Å². The van der Waals surface area contributed by atoms with Crippen LogP contribution < -0.4 is 75.3 Å². The van der Waals surface area contributed by atoms with Crippen LogP contribution in [0.3, 0.4) is 0 Å². The van der Waals surface area contributed by atoms with Gasteiger partial charge in [0, 0.05) is 69.1 Å². The second kappa shape index (κ2) is 42.8. The molecule has 38 nitrogen and oxygen atoms in total. The number of H-pyrrole nitrogens is 1. The summed E-state index contributed by atoms with van der Waals surface area (Å²) in [6.07, 6.45) is -11.0. The number of amides is 12. The van der Waals surface area contributed by atoms with Gasteiger partial charge in [-0.3, -0.25) is 77.3 Å². The second-order valence-corrected chi connectivity index (χ2v) is 25.2. The third kappa shape index (κ3) is 29.2. The van der Waals surface area contributed by atoms with Gasteiger partial charge in [0.15, 0.2) is 5.96 Å². The molecular weight excluding hydrogens is 1390 g/mol. The zero-order chi connectivity index (χ0) is 79.1. The van der Waals surface area contributed by atoms with Crippen LogP contribution in [0.1, 0.15) is 103 Å². The summed E-state index contributed by atoms with van der Waals surface area (Å²) in [4.78, 5) is 207. The maximum Gasteiger partial charge on any atom is 0.303 e. The lowest BCUT2D eigenvalue weighted by atomic mass is 10.0. The number of guanidine groups is 1. The lowest BCUT2D eigenvalue weighted by molar-refractivity contribution is -0.139. The van der Waals surface area contributed by atoms with E-state index in [0.29, 0.717) is 27.6 Å². The Balaban J connectivity index is 1.76. The van der Waals surface area contributed by atoms with Crippen molar-refractivity contribution < 1.29 is 108 Å². The summed E-state index contributed by atoms with van der Waals surface area (Å²) in [6, 6.07) is 2.71. The smallest absolute Gasteiger partial charge is 0.303 e. The molecule has 0 fully saturated rings. The number of fused-ring (bicyclic) bond motifs is 1. The van der Waals surface area contributed by atoms with Crippen molar-refractivity contribution in [1.29, 1.82) is 5.41 Å². The molecular formula is C68H94N16O22.